The van der Waals surface area contributed by atoms with Gasteiger partial charge in [-0.2, -0.15) is 0 Å². The number of nitrogens with zero attached hydrogens (tertiary/aromatic N) is 3. The predicted octanol–water partition coefficient (Wildman–Crippen LogP) is 2.07. The molecule has 3 N–H and O–H groups in total. The van der Waals surface area contributed by atoms with Gasteiger partial charge in [-0.1, -0.05) is 18.2 Å². The van der Waals surface area contributed by atoms with Crippen LogP contribution in [-0.2, 0) is 11.3 Å². The Balaban J connectivity index is 0.00000338. The number of carbonyl (C=O) groups excluding carboxylic acids is 1. The van der Waals surface area contributed by atoms with Crippen LogP contribution in [0.3, 0.4) is 0 Å². The van der Waals surface area contributed by atoms with Crippen molar-refractivity contribution < 1.29 is 4.79 Å². The van der Waals surface area contributed by atoms with Crippen LogP contribution < -0.4 is 16.0 Å². The lowest BCUT2D eigenvalue weighted by molar-refractivity contribution is -0.121. The highest BCUT2D eigenvalue weighted by atomic mass is 127. The minimum absolute atomic E-state index is 0. The molecule has 142 valence electrons. The molecule has 0 bridgehead atoms. The molecule has 1 amide bonds. The maximum atomic E-state index is 11.9. The molecule has 26 heavy (non-hydrogen) atoms. The summed E-state index contributed by atoms with van der Waals surface area (Å²) >= 11 is 0. The van der Waals surface area contributed by atoms with Crippen molar-refractivity contribution >= 4 is 35.8 Å². The Morgan fingerprint density at radius 1 is 1.23 bits per heavy atom. The number of rotatable bonds is 5. The third-order valence-electron chi connectivity index (χ3n) is 3.37. The molecule has 8 heteroatoms. The van der Waals surface area contributed by atoms with Gasteiger partial charge in [-0.05, 0) is 32.4 Å². The first-order valence-electron chi connectivity index (χ1n) is 8.21. The summed E-state index contributed by atoms with van der Waals surface area (Å²) in [7, 11) is 1.68. The molecular weight excluding hydrogens is 443 g/mol. The number of guanidine groups is 1. The van der Waals surface area contributed by atoms with Crippen LogP contribution in [0.2, 0.25) is 0 Å². The van der Waals surface area contributed by atoms with Gasteiger partial charge in [0.2, 0.25) is 5.91 Å². The fourth-order valence-corrected chi connectivity index (χ4v) is 2.34. The lowest BCUT2D eigenvalue weighted by Crippen LogP contribution is -2.48. The van der Waals surface area contributed by atoms with Gasteiger partial charge in [-0.15, -0.1) is 24.0 Å². The Labute approximate surface area is 171 Å². The zero-order chi connectivity index (χ0) is 18.3. The lowest BCUT2D eigenvalue weighted by Gasteiger charge is -2.21. The predicted molar refractivity (Wildman–Crippen MR) is 115 cm³/mol. The highest BCUT2D eigenvalue weighted by Crippen LogP contribution is 2.13. The van der Waals surface area contributed by atoms with Crippen molar-refractivity contribution in [3.8, 4) is 5.69 Å². The van der Waals surface area contributed by atoms with Crippen LogP contribution in [0, 0.1) is 0 Å². The first-order chi connectivity index (χ1) is 11.9. The smallest absolute Gasteiger partial charge is 0.239 e. The SMILES string of the molecule is CN=C(NCC(=O)NC(C)(C)C)NCc1ccccc1-n1ccnc1.I. The number of imidazole rings is 1. The van der Waals surface area contributed by atoms with Gasteiger partial charge in [0.1, 0.15) is 0 Å². The fourth-order valence-electron chi connectivity index (χ4n) is 2.34. The molecule has 0 aliphatic rings. The van der Waals surface area contributed by atoms with Crippen molar-refractivity contribution in [1.82, 2.24) is 25.5 Å². The number of benzene rings is 1. The van der Waals surface area contributed by atoms with Crippen molar-refractivity contribution in [3.63, 3.8) is 0 Å². The molecule has 0 radical (unpaired) electrons. The molecule has 0 saturated heterocycles. The monoisotopic (exact) mass is 470 g/mol. The third kappa shape index (κ3) is 7.03. The van der Waals surface area contributed by atoms with Crippen LogP contribution in [0.25, 0.3) is 5.69 Å². The van der Waals surface area contributed by atoms with Gasteiger partial charge in [0.25, 0.3) is 0 Å². The molecule has 0 atom stereocenters. The molecule has 0 fully saturated rings. The van der Waals surface area contributed by atoms with Gasteiger partial charge in [0, 0.05) is 31.5 Å². The number of aromatic nitrogens is 2. The summed E-state index contributed by atoms with van der Waals surface area (Å²) in [5.41, 5.74) is 1.90. The maximum Gasteiger partial charge on any atom is 0.239 e. The zero-order valence-corrected chi connectivity index (χ0v) is 17.9. The van der Waals surface area contributed by atoms with Crippen molar-refractivity contribution in [2.24, 2.45) is 4.99 Å². The number of halogens is 1. The Bertz CT molecular complexity index is 722. The van der Waals surface area contributed by atoms with Gasteiger partial charge in [0.05, 0.1) is 18.6 Å². The molecule has 0 aliphatic heterocycles. The summed E-state index contributed by atoms with van der Waals surface area (Å²) in [4.78, 5) is 20.1. The number of aliphatic imine (C=N–C) groups is 1. The number of nitrogens with one attached hydrogen (secondary N) is 3. The summed E-state index contributed by atoms with van der Waals surface area (Å²) in [6.45, 7) is 6.59. The molecule has 7 nitrogen and oxygen atoms in total. The Hall–Kier alpha value is -2.10. The summed E-state index contributed by atoms with van der Waals surface area (Å²) in [5.74, 6) is 0.499. The van der Waals surface area contributed by atoms with Crippen molar-refractivity contribution in [2.75, 3.05) is 13.6 Å². The van der Waals surface area contributed by atoms with Crippen LogP contribution in [0.1, 0.15) is 26.3 Å². The minimum Gasteiger partial charge on any atom is -0.352 e. The van der Waals surface area contributed by atoms with E-state index in [-0.39, 0.29) is 42.0 Å². The molecule has 0 aliphatic carbocycles. The average molecular weight is 470 g/mol. The van der Waals surface area contributed by atoms with Crippen LogP contribution in [0.15, 0.2) is 48.0 Å². The minimum atomic E-state index is -0.251. The summed E-state index contributed by atoms with van der Waals surface area (Å²) < 4.78 is 1.96. The summed E-state index contributed by atoms with van der Waals surface area (Å²) in [5, 5.41) is 9.16. The lowest BCUT2D eigenvalue weighted by atomic mass is 10.1. The van der Waals surface area contributed by atoms with E-state index in [1.807, 2.05) is 55.8 Å². The Kier molecular flexibility index (Phi) is 8.56. The number of hydrogen-bond acceptors (Lipinski definition) is 3. The van der Waals surface area contributed by atoms with E-state index in [1.165, 1.54) is 0 Å². The second-order valence-corrected chi connectivity index (χ2v) is 6.68. The topological polar surface area (TPSA) is 83.3 Å². The molecule has 0 spiro atoms. The van der Waals surface area contributed by atoms with Crippen LogP contribution in [0.4, 0.5) is 0 Å². The quantitative estimate of drug-likeness (QED) is 0.355. The van der Waals surface area contributed by atoms with E-state index in [2.05, 4.69) is 25.9 Å². The van der Waals surface area contributed by atoms with E-state index in [1.54, 1.807) is 19.6 Å². The molecule has 2 rings (SSSR count). The molecular formula is C18H27IN6O. The number of para-hydroxylation sites is 1. The second kappa shape index (κ2) is 10.1. The first-order valence-corrected chi connectivity index (χ1v) is 8.21. The normalized spacial score (nSPS) is 11.5. The second-order valence-electron chi connectivity index (χ2n) is 6.68. The van der Waals surface area contributed by atoms with Gasteiger partial charge in [-0.3, -0.25) is 9.79 Å². The Morgan fingerprint density at radius 2 is 1.96 bits per heavy atom. The van der Waals surface area contributed by atoms with E-state index in [9.17, 15) is 4.79 Å². The van der Waals surface area contributed by atoms with E-state index in [0.717, 1.165) is 11.3 Å². The molecule has 2 aromatic rings. The summed E-state index contributed by atoms with van der Waals surface area (Å²) in [6, 6.07) is 8.06. The molecule has 0 saturated carbocycles. The Morgan fingerprint density at radius 3 is 2.58 bits per heavy atom. The summed E-state index contributed by atoms with van der Waals surface area (Å²) in [6.07, 6.45) is 5.42. The van der Waals surface area contributed by atoms with E-state index >= 15 is 0 Å². The van der Waals surface area contributed by atoms with Crippen molar-refractivity contribution in [2.45, 2.75) is 32.9 Å². The van der Waals surface area contributed by atoms with Gasteiger partial charge >= 0.3 is 0 Å². The molecule has 1 heterocycles. The number of amides is 1. The highest BCUT2D eigenvalue weighted by molar-refractivity contribution is 14.0. The maximum absolute atomic E-state index is 11.9. The fraction of sp³-hybridized carbons (Fsp3) is 0.389. The average Bonchev–Trinajstić information content (AvgIpc) is 3.08. The highest BCUT2D eigenvalue weighted by Gasteiger charge is 2.13. The van der Waals surface area contributed by atoms with Crippen LogP contribution >= 0.6 is 24.0 Å². The van der Waals surface area contributed by atoms with Gasteiger partial charge < -0.3 is 20.5 Å². The van der Waals surface area contributed by atoms with E-state index < -0.39 is 0 Å². The van der Waals surface area contributed by atoms with Crippen LogP contribution in [-0.4, -0.2) is 40.5 Å². The van der Waals surface area contributed by atoms with Gasteiger partial charge in [-0.25, -0.2) is 4.98 Å². The van der Waals surface area contributed by atoms with Gasteiger partial charge in [0.15, 0.2) is 5.96 Å². The molecule has 1 aromatic carbocycles. The molecule has 0 unspecified atom stereocenters. The van der Waals surface area contributed by atoms with E-state index in [0.29, 0.717) is 12.5 Å². The number of carbonyl (C=O) groups is 1. The standard InChI is InChI=1S/C18H26N6O.HI/c1-18(2,3)23-16(25)12-22-17(19-4)21-11-14-7-5-6-8-15(14)24-10-9-20-13-24;/h5-10,13H,11-12H2,1-4H3,(H,23,25)(H2,19,21,22);1H. The largest absolute Gasteiger partial charge is 0.352 e. The number of hydrogen-bond donors (Lipinski definition) is 3. The van der Waals surface area contributed by atoms with Crippen molar-refractivity contribution in [1.29, 1.82) is 0 Å². The van der Waals surface area contributed by atoms with Crippen LogP contribution in [0.5, 0.6) is 0 Å². The first kappa shape index (κ1) is 21.9. The third-order valence-corrected chi connectivity index (χ3v) is 3.37. The zero-order valence-electron chi connectivity index (χ0n) is 15.6. The van der Waals surface area contributed by atoms with Crippen molar-refractivity contribution in [3.05, 3.63) is 48.5 Å². The van der Waals surface area contributed by atoms with E-state index in [4.69, 9.17) is 0 Å². The molecule has 1 aromatic heterocycles.